The summed E-state index contributed by atoms with van der Waals surface area (Å²) < 4.78 is 31.9. The van der Waals surface area contributed by atoms with E-state index >= 15 is 0 Å². The number of likely N-dealkylation sites (tertiary alicyclic amines) is 1. The van der Waals surface area contributed by atoms with Crippen LogP contribution in [0.1, 0.15) is 24.0 Å². The van der Waals surface area contributed by atoms with E-state index in [1.54, 1.807) is 36.0 Å². The lowest BCUT2D eigenvalue weighted by Crippen LogP contribution is -2.24. The van der Waals surface area contributed by atoms with Crippen LogP contribution in [-0.4, -0.2) is 32.3 Å². The molecule has 2 aromatic heterocycles. The summed E-state index contributed by atoms with van der Waals surface area (Å²) in [5.41, 5.74) is 1.94. The second-order valence-corrected chi connectivity index (χ2v) is 7.96. The summed E-state index contributed by atoms with van der Waals surface area (Å²) in [6, 6.07) is 9.67. The van der Waals surface area contributed by atoms with Crippen LogP contribution in [0.4, 0.5) is 8.78 Å². The van der Waals surface area contributed by atoms with E-state index in [0.29, 0.717) is 34.0 Å². The maximum Gasteiger partial charge on any atom is 0.291 e. The Morgan fingerprint density at radius 2 is 1.73 bits per heavy atom. The van der Waals surface area contributed by atoms with Crippen LogP contribution < -0.4 is 5.56 Å². The Morgan fingerprint density at radius 1 is 0.967 bits per heavy atom. The van der Waals surface area contributed by atoms with Crippen molar-refractivity contribution in [1.29, 1.82) is 0 Å². The van der Waals surface area contributed by atoms with Crippen molar-refractivity contribution in [1.82, 2.24) is 19.2 Å². The molecule has 7 heteroatoms. The molecule has 0 saturated carbocycles. The topological polar surface area (TPSA) is 43.1 Å². The monoisotopic (exact) mass is 408 g/mol. The van der Waals surface area contributed by atoms with Crippen molar-refractivity contribution in [3.63, 3.8) is 0 Å². The summed E-state index contributed by atoms with van der Waals surface area (Å²) in [4.78, 5) is 15.4. The zero-order valence-corrected chi connectivity index (χ0v) is 16.7. The van der Waals surface area contributed by atoms with Crippen molar-refractivity contribution in [2.75, 3.05) is 13.1 Å². The average Bonchev–Trinajstić information content (AvgIpc) is 3.33. The minimum absolute atomic E-state index is 0.0392. The van der Waals surface area contributed by atoms with E-state index in [1.807, 2.05) is 6.07 Å². The smallest absolute Gasteiger partial charge is 0.291 e. The first-order valence-corrected chi connectivity index (χ1v) is 10.2. The van der Waals surface area contributed by atoms with Gasteiger partial charge in [0.15, 0.2) is 0 Å². The van der Waals surface area contributed by atoms with Crippen LogP contribution in [0.3, 0.4) is 0 Å². The second kappa shape index (κ2) is 7.32. The van der Waals surface area contributed by atoms with Crippen molar-refractivity contribution < 1.29 is 8.78 Å². The molecule has 0 bridgehead atoms. The fraction of sp³-hybridized carbons (Fsp3) is 0.304. The molecule has 154 valence electrons. The molecule has 1 aliphatic heterocycles. The summed E-state index contributed by atoms with van der Waals surface area (Å²) in [5.74, 6) is -0.644. The molecule has 0 N–H and O–H groups in total. The van der Waals surface area contributed by atoms with Crippen LogP contribution in [0, 0.1) is 11.6 Å². The molecular formula is C23H22F2N4O. The van der Waals surface area contributed by atoms with Gasteiger partial charge in [-0.3, -0.25) is 9.69 Å². The molecule has 1 fully saturated rings. The zero-order chi connectivity index (χ0) is 20.8. The Labute approximate surface area is 172 Å². The summed E-state index contributed by atoms with van der Waals surface area (Å²) in [5, 5.41) is 5.51. The molecule has 1 saturated heterocycles. The number of rotatable bonds is 4. The number of benzene rings is 2. The molecule has 0 amide bonds. The van der Waals surface area contributed by atoms with Crippen molar-refractivity contribution in [3.05, 3.63) is 75.7 Å². The first kappa shape index (κ1) is 18.9. The minimum atomic E-state index is -0.378. The van der Waals surface area contributed by atoms with Gasteiger partial charge in [0.1, 0.15) is 17.2 Å². The van der Waals surface area contributed by atoms with E-state index in [0.717, 1.165) is 31.4 Å². The molecule has 0 atom stereocenters. The van der Waals surface area contributed by atoms with E-state index in [4.69, 9.17) is 0 Å². The lowest BCUT2D eigenvalue weighted by molar-refractivity contribution is 0.325. The number of nitrogens with zero attached hydrogens (tertiary/aromatic N) is 4. The average molecular weight is 408 g/mol. The molecular weight excluding hydrogens is 386 g/mol. The van der Waals surface area contributed by atoms with Crippen LogP contribution >= 0.6 is 0 Å². The molecule has 30 heavy (non-hydrogen) atoms. The molecule has 5 rings (SSSR count). The summed E-state index contributed by atoms with van der Waals surface area (Å²) in [6.45, 7) is 2.57. The van der Waals surface area contributed by atoms with Gasteiger partial charge in [-0.15, -0.1) is 0 Å². The number of halogens is 2. The van der Waals surface area contributed by atoms with E-state index in [2.05, 4.69) is 10.00 Å². The SMILES string of the molecule is Cn1c2cc(CN3CCCC3)c(F)cc2c2cnn(Cc3ccccc3F)c(=O)c21. The predicted octanol–water partition coefficient (Wildman–Crippen LogP) is 3.81. The second-order valence-electron chi connectivity index (χ2n) is 7.96. The van der Waals surface area contributed by atoms with Gasteiger partial charge in [0.25, 0.3) is 5.56 Å². The molecule has 0 radical (unpaired) electrons. The van der Waals surface area contributed by atoms with Gasteiger partial charge in [0.2, 0.25) is 0 Å². The molecule has 3 heterocycles. The molecule has 2 aromatic carbocycles. The highest BCUT2D eigenvalue weighted by Gasteiger charge is 2.19. The van der Waals surface area contributed by atoms with Crippen LogP contribution in [0.25, 0.3) is 21.8 Å². The van der Waals surface area contributed by atoms with Crippen LogP contribution in [0.2, 0.25) is 0 Å². The normalized spacial score (nSPS) is 14.9. The number of fused-ring (bicyclic) bond motifs is 3. The highest BCUT2D eigenvalue weighted by atomic mass is 19.1. The van der Waals surface area contributed by atoms with Gasteiger partial charge in [-0.25, -0.2) is 13.5 Å². The molecule has 1 aliphatic rings. The van der Waals surface area contributed by atoms with Crippen LogP contribution in [0.5, 0.6) is 0 Å². The van der Waals surface area contributed by atoms with Gasteiger partial charge in [-0.05, 0) is 44.1 Å². The lowest BCUT2D eigenvalue weighted by Gasteiger charge is -2.15. The van der Waals surface area contributed by atoms with Gasteiger partial charge in [0, 0.05) is 41.0 Å². The number of aromatic nitrogens is 3. The summed E-state index contributed by atoms with van der Waals surface area (Å²) in [6.07, 6.45) is 3.86. The Hall–Kier alpha value is -3.06. The largest absolute Gasteiger partial charge is 0.339 e. The third-order valence-corrected chi connectivity index (χ3v) is 6.04. The fourth-order valence-corrected chi connectivity index (χ4v) is 4.42. The third-order valence-electron chi connectivity index (χ3n) is 6.04. The highest BCUT2D eigenvalue weighted by Crippen LogP contribution is 2.29. The lowest BCUT2D eigenvalue weighted by atomic mass is 10.1. The number of aryl methyl sites for hydroxylation is 1. The van der Waals surface area contributed by atoms with E-state index in [1.165, 1.54) is 16.8 Å². The van der Waals surface area contributed by atoms with Gasteiger partial charge >= 0.3 is 0 Å². The third kappa shape index (κ3) is 3.10. The first-order chi connectivity index (χ1) is 14.5. The van der Waals surface area contributed by atoms with Gasteiger partial charge in [-0.1, -0.05) is 18.2 Å². The van der Waals surface area contributed by atoms with Gasteiger partial charge in [-0.2, -0.15) is 5.10 Å². The first-order valence-electron chi connectivity index (χ1n) is 10.2. The maximum atomic E-state index is 14.8. The van der Waals surface area contributed by atoms with Crippen molar-refractivity contribution in [2.24, 2.45) is 7.05 Å². The maximum absolute atomic E-state index is 14.8. The minimum Gasteiger partial charge on any atom is -0.339 e. The zero-order valence-electron chi connectivity index (χ0n) is 16.7. The van der Waals surface area contributed by atoms with E-state index in [9.17, 15) is 13.6 Å². The molecule has 0 unspecified atom stereocenters. The van der Waals surface area contributed by atoms with Crippen molar-refractivity contribution >= 4 is 21.8 Å². The van der Waals surface area contributed by atoms with Crippen molar-refractivity contribution in [3.8, 4) is 0 Å². The van der Waals surface area contributed by atoms with Crippen LogP contribution in [0.15, 0.2) is 47.4 Å². The highest BCUT2D eigenvalue weighted by molar-refractivity contribution is 6.07. The number of hydrogen-bond acceptors (Lipinski definition) is 3. The van der Waals surface area contributed by atoms with Gasteiger partial charge in [0.05, 0.1) is 12.7 Å². The van der Waals surface area contributed by atoms with Gasteiger partial charge < -0.3 is 4.57 Å². The quantitative estimate of drug-likeness (QED) is 0.516. The predicted molar refractivity (Wildman–Crippen MR) is 112 cm³/mol. The number of hydrogen-bond donors (Lipinski definition) is 0. The standard InChI is InChI=1S/C23H22F2N4O/c1-27-21-10-16(13-28-8-4-5-9-28)20(25)11-17(21)18-12-26-29(23(30)22(18)27)14-15-6-2-3-7-19(15)24/h2-3,6-7,10-12H,4-5,8-9,13-14H2,1H3. The van der Waals surface area contributed by atoms with E-state index in [-0.39, 0.29) is 23.7 Å². The molecule has 5 nitrogen and oxygen atoms in total. The molecule has 0 aliphatic carbocycles. The summed E-state index contributed by atoms with van der Waals surface area (Å²) in [7, 11) is 1.80. The Kier molecular flexibility index (Phi) is 4.62. The molecule has 4 aromatic rings. The van der Waals surface area contributed by atoms with Crippen LogP contribution in [-0.2, 0) is 20.1 Å². The fourth-order valence-electron chi connectivity index (χ4n) is 4.42. The van der Waals surface area contributed by atoms with Crippen molar-refractivity contribution in [2.45, 2.75) is 25.9 Å². The molecule has 0 spiro atoms. The Balaban J connectivity index is 1.62. The Morgan fingerprint density at radius 3 is 2.50 bits per heavy atom. The Bertz CT molecular complexity index is 1320. The summed E-state index contributed by atoms with van der Waals surface area (Å²) >= 11 is 0. The van der Waals surface area contributed by atoms with E-state index < -0.39 is 0 Å².